The van der Waals surface area contributed by atoms with Crippen molar-refractivity contribution < 1.29 is 4.79 Å². The third-order valence-corrected chi connectivity index (χ3v) is 2.71. The van der Waals surface area contributed by atoms with E-state index in [4.69, 9.17) is 11.0 Å². The van der Waals surface area contributed by atoms with Crippen LogP contribution in [-0.4, -0.2) is 24.5 Å². The molecule has 0 atom stereocenters. The van der Waals surface area contributed by atoms with Gasteiger partial charge in [0, 0.05) is 12.1 Å². The first-order valence-corrected chi connectivity index (χ1v) is 5.78. The summed E-state index contributed by atoms with van der Waals surface area (Å²) in [5.74, 6) is -0.00858. The molecule has 0 spiro atoms. The fourth-order valence-corrected chi connectivity index (χ4v) is 1.96. The van der Waals surface area contributed by atoms with E-state index in [1.165, 1.54) is 0 Å². The zero-order chi connectivity index (χ0) is 13.3. The number of hydrogen-bond donors (Lipinski definition) is 2. The van der Waals surface area contributed by atoms with Gasteiger partial charge in [0.25, 0.3) is 0 Å². The lowest BCUT2D eigenvalue weighted by Crippen LogP contribution is -2.51. The maximum absolute atomic E-state index is 11.9. The number of carbonyl (C=O) groups is 1. The molecule has 0 unspecified atom stereocenters. The van der Waals surface area contributed by atoms with Crippen molar-refractivity contribution in [2.75, 3.05) is 23.3 Å². The minimum Gasteiger partial charge on any atom is -0.374 e. The summed E-state index contributed by atoms with van der Waals surface area (Å²) in [6.45, 7) is 4.45. The van der Waals surface area contributed by atoms with E-state index in [1.807, 2.05) is 13.8 Å². The second-order valence-electron chi connectivity index (χ2n) is 5.17. The molecule has 0 fully saturated rings. The van der Waals surface area contributed by atoms with Gasteiger partial charge >= 0.3 is 0 Å². The molecule has 1 aromatic rings. The third kappa shape index (κ3) is 2.44. The molecule has 2 rings (SSSR count). The molecule has 0 saturated heterocycles. The van der Waals surface area contributed by atoms with Gasteiger partial charge < -0.3 is 16.0 Å². The standard InChI is InChI=1S/C13H16N4O/c1-13(2,15)8-17-11-4-3-9(6-14)5-10(11)16-7-12(17)18/h3-5,16H,7-8,15H2,1-2H3. The summed E-state index contributed by atoms with van der Waals surface area (Å²) in [5.41, 5.74) is 7.67. The van der Waals surface area contributed by atoms with Gasteiger partial charge in [-0.15, -0.1) is 0 Å². The number of fused-ring (bicyclic) bond motifs is 1. The van der Waals surface area contributed by atoms with E-state index in [0.29, 0.717) is 12.1 Å². The fourth-order valence-electron chi connectivity index (χ4n) is 1.96. The Labute approximate surface area is 106 Å². The molecule has 0 radical (unpaired) electrons. The average Bonchev–Trinajstić information content (AvgIpc) is 2.31. The zero-order valence-electron chi connectivity index (χ0n) is 10.5. The van der Waals surface area contributed by atoms with Crippen LogP contribution in [0.3, 0.4) is 0 Å². The average molecular weight is 244 g/mol. The van der Waals surface area contributed by atoms with Crippen molar-refractivity contribution in [1.82, 2.24) is 0 Å². The molecular formula is C13H16N4O. The smallest absolute Gasteiger partial charge is 0.246 e. The molecule has 0 aliphatic carbocycles. The van der Waals surface area contributed by atoms with Crippen molar-refractivity contribution in [2.45, 2.75) is 19.4 Å². The number of anilines is 2. The molecule has 1 aliphatic rings. The van der Waals surface area contributed by atoms with Crippen LogP contribution in [0.25, 0.3) is 0 Å². The molecule has 18 heavy (non-hydrogen) atoms. The van der Waals surface area contributed by atoms with E-state index in [1.54, 1.807) is 23.1 Å². The molecule has 5 nitrogen and oxygen atoms in total. The second kappa shape index (κ2) is 4.31. The monoisotopic (exact) mass is 244 g/mol. The largest absolute Gasteiger partial charge is 0.374 e. The van der Waals surface area contributed by atoms with Crippen molar-refractivity contribution in [3.05, 3.63) is 23.8 Å². The summed E-state index contributed by atoms with van der Waals surface area (Å²) >= 11 is 0. The lowest BCUT2D eigenvalue weighted by Gasteiger charge is -2.34. The predicted octanol–water partition coefficient (Wildman–Crippen LogP) is 1.05. The summed E-state index contributed by atoms with van der Waals surface area (Å²) in [6.07, 6.45) is 0. The molecule has 0 saturated carbocycles. The summed E-state index contributed by atoms with van der Waals surface area (Å²) in [7, 11) is 0. The molecule has 0 aromatic heterocycles. The number of carbonyl (C=O) groups excluding carboxylic acids is 1. The number of nitriles is 1. The predicted molar refractivity (Wildman–Crippen MR) is 70.3 cm³/mol. The summed E-state index contributed by atoms with van der Waals surface area (Å²) in [4.78, 5) is 13.6. The maximum Gasteiger partial charge on any atom is 0.246 e. The number of nitrogens with two attached hydrogens (primary N) is 1. The van der Waals surface area contributed by atoms with Crippen LogP contribution in [0.1, 0.15) is 19.4 Å². The van der Waals surface area contributed by atoms with Crippen LogP contribution < -0.4 is 16.0 Å². The molecule has 0 bridgehead atoms. The van der Waals surface area contributed by atoms with Crippen LogP contribution in [0.2, 0.25) is 0 Å². The third-order valence-electron chi connectivity index (χ3n) is 2.71. The first-order valence-electron chi connectivity index (χ1n) is 5.78. The Morgan fingerprint density at radius 1 is 1.56 bits per heavy atom. The van der Waals surface area contributed by atoms with E-state index in [9.17, 15) is 4.79 Å². The van der Waals surface area contributed by atoms with Crippen molar-refractivity contribution in [2.24, 2.45) is 5.73 Å². The van der Waals surface area contributed by atoms with Gasteiger partial charge in [-0.05, 0) is 32.0 Å². The van der Waals surface area contributed by atoms with E-state index >= 15 is 0 Å². The van der Waals surface area contributed by atoms with Crippen LogP contribution in [0.5, 0.6) is 0 Å². The fraction of sp³-hybridized carbons (Fsp3) is 0.385. The SMILES string of the molecule is CC(C)(N)CN1C(=O)CNc2cc(C#N)ccc21. The van der Waals surface area contributed by atoms with E-state index < -0.39 is 5.54 Å². The number of hydrogen-bond acceptors (Lipinski definition) is 4. The minimum atomic E-state index is -0.460. The van der Waals surface area contributed by atoms with E-state index in [-0.39, 0.29) is 12.5 Å². The van der Waals surface area contributed by atoms with Gasteiger partial charge in [-0.2, -0.15) is 5.26 Å². The summed E-state index contributed by atoms with van der Waals surface area (Å²) in [5, 5.41) is 11.9. The minimum absolute atomic E-state index is 0.00858. The van der Waals surface area contributed by atoms with Gasteiger partial charge in [-0.3, -0.25) is 4.79 Å². The Bertz CT molecular complexity index is 525. The van der Waals surface area contributed by atoms with Gasteiger partial charge in [0.05, 0.1) is 29.6 Å². The quantitative estimate of drug-likeness (QED) is 0.814. The van der Waals surface area contributed by atoms with Crippen molar-refractivity contribution in [3.8, 4) is 6.07 Å². The highest BCUT2D eigenvalue weighted by Crippen LogP contribution is 2.31. The van der Waals surface area contributed by atoms with Crippen molar-refractivity contribution >= 4 is 17.3 Å². The number of amides is 1. The molecular weight excluding hydrogens is 228 g/mol. The molecule has 1 heterocycles. The van der Waals surface area contributed by atoms with Gasteiger partial charge in [0.1, 0.15) is 0 Å². The highest BCUT2D eigenvalue weighted by Gasteiger charge is 2.27. The number of nitrogens with one attached hydrogen (secondary N) is 1. The van der Waals surface area contributed by atoms with Gasteiger partial charge in [0.2, 0.25) is 5.91 Å². The Balaban J connectivity index is 2.39. The van der Waals surface area contributed by atoms with Crippen LogP contribution in [-0.2, 0) is 4.79 Å². The number of rotatable bonds is 2. The van der Waals surface area contributed by atoms with Gasteiger partial charge in [-0.25, -0.2) is 0 Å². The van der Waals surface area contributed by atoms with Crippen LogP contribution in [0, 0.1) is 11.3 Å². The Hall–Kier alpha value is -2.06. The van der Waals surface area contributed by atoms with E-state index in [2.05, 4.69) is 11.4 Å². The molecule has 1 amide bonds. The lowest BCUT2D eigenvalue weighted by atomic mass is 10.0. The second-order valence-corrected chi connectivity index (χ2v) is 5.17. The number of benzene rings is 1. The van der Waals surface area contributed by atoms with Crippen molar-refractivity contribution in [3.63, 3.8) is 0 Å². The van der Waals surface area contributed by atoms with Gasteiger partial charge in [0.15, 0.2) is 0 Å². The molecule has 1 aliphatic heterocycles. The Morgan fingerprint density at radius 3 is 2.89 bits per heavy atom. The summed E-state index contributed by atoms with van der Waals surface area (Å²) < 4.78 is 0. The maximum atomic E-state index is 11.9. The highest BCUT2D eigenvalue weighted by molar-refractivity contribution is 6.02. The topological polar surface area (TPSA) is 82.2 Å². The normalized spacial score (nSPS) is 14.8. The van der Waals surface area contributed by atoms with Crippen LogP contribution in [0.4, 0.5) is 11.4 Å². The molecule has 3 N–H and O–H groups in total. The van der Waals surface area contributed by atoms with Crippen LogP contribution >= 0.6 is 0 Å². The summed E-state index contributed by atoms with van der Waals surface area (Å²) in [6, 6.07) is 7.32. The Kier molecular flexibility index (Phi) is 2.97. The van der Waals surface area contributed by atoms with Gasteiger partial charge in [-0.1, -0.05) is 0 Å². The van der Waals surface area contributed by atoms with Crippen molar-refractivity contribution in [1.29, 1.82) is 5.26 Å². The molecule has 1 aromatic carbocycles. The lowest BCUT2D eigenvalue weighted by molar-refractivity contribution is -0.117. The first kappa shape index (κ1) is 12.4. The Morgan fingerprint density at radius 2 is 2.28 bits per heavy atom. The van der Waals surface area contributed by atoms with Crippen LogP contribution in [0.15, 0.2) is 18.2 Å². The van der Waals surface area contributed by atoms with E-state index in [0.717, 1.165) is 11.4 Å². The highest BCUT2D eigenvalue weighted by atomic mass is 16.2. The number of nitrogens with zero attached hydrogens (tertiary/aromatic N) is 2. The molecule has 5 heteroatoms. The molecule has 94 valence electrons. The zero-order valence-corrected chi connectivity index (χ0v) is 10.5. The first-order chi connectivity index (χ1) is 8.40.